The van der Waals surface area contributed by atoms with Crippen molar-refractivity contribution in [1.82, 2.24) is 0 Å². The number of halogens is 3. The van der Waals surface area contributed by atoms with Crippen LogP contribution in [-0.4, -0.2) is 12.1 Å². The molecule has 8 heteroatoms. The number of nitrogens with zero attached hydrogens (tertiary/aromatic N) is 1. The molecule has 0 saturated heterocycles. The SMILES string of the molecule is CC(C)(C)[C@H]1CCc2c(sc(N=Cc3ccccc3OCc3ccc(Cl)cc3Cl)c2C(=O)Nc2ccc(Cl)cc2)C1. The Labute approximate surface area is 260 Å². The molecule has 212 valence electrons. The van der Waals surface area contributed by atoms with Crippen molar-refractivity contribution in [3.05, 3.63) is 109 Å². The fourth-order valence-electron chi connectivity index (χ4n) is 5.00. The molecule has 3 aromatic carbocycles. The van der Waals surface area contributed by atoms with Crippen molar-refractivity contribution in [2.75, 3.05) is 5.32 Å². The predicted octanol–water partition coefficient (Wildman–Crippen LogP) is 10.4. The number of nitrogens with one attached hydrogen (secondary N) is 1. The summed E-state index contributed by atoms with van der Waals surface area (Å²) in [6, 6.07) is 20.2. The molecule has 0 spiro atoms. The van der Waals surface area contributed by atoms with Crippen LogP contribution in [0.5, 0.6) is 5.75 Å². The maximum atomic E-state index is 13.7. The molecule has 4 nitrogen and oxygen atoms in total. The summed E-state index contributed by atoms with van der Waals surface area (Å²) in [5.74, 6) is 1.06. The van der Waals surface area contributed by atoms with Crippen molar-refractivity contribution < 1.29 is 9.53 Å². The number of para-hydroxylation sites is 1. The van der Waals surface area contributed by atoms with Gasteiger partial charge >= 0.3 is 0 Å². The van der Waals surface area contributed by atoms with Gasteiger partial charge in [-0.2, -0.15) is 0 Å². The zero-order valence-electron chi connectivity index (χ0n) is 23.1. The molecule has 1 aromatic heterocycles. The highest BCUT2D eigenvalue weighted by molar-refractivity contribution is 7.16. The van der Waals surface area contributed by atoms with Crippen molar-refractivity contribution in [3.63, 3.8) is 0 Å². The van der Waals surface area contributed by atoms with E-state index in [0.717, 1.165) is 36.0 Å². The van der Waals surface area contributed by atoms with Gasteiger partial charge in [0.05, 0.1) is 5.56 Å². The van der Waals surface area contributed by atoms with E-state index in [9.17, 15) is 4.79 Å². The number of thiophene rings is 1. The molecule has 0 radical (unpaired) electrons. The van der Waals surface area contributed by atoms with E-state index < -0.39 is 0 Å². The van der Waals surface area contributed by atoms with E-state index in [4.69, 9.17) is 44.5 Å². The van der Waals surface area contributed by atoms with Gasteiger partial charge in [0.15, 0.2) is 0 Å². The minimum atomic E-state index is -0.159. The van der Waals surface area contributed by atoms with Crippen molar-refractivity contribution in [2.24, 2.45) is 16.3 Å². The zero-order valence-corrected chi connectivity index (χ0v) is 26.2. The quantitative estimate of drug-likeness (QED) is 0.208. The molecule has 1 aliphatic rings. The van der Waals surface area contributed by atoms with E-state index in [1.165, 1.54) is 4.88 Å². The fourth-order valence-corrected chi connectivity index (χ4v) is 6.86. The highest BCUT2D eigenvalue weighted by Crippen LogP contribution is 2.45. The molecule has 0 saturated carbocycles. The summed E-state index contributed by atoms with van der Waals surface area (Å²) in [4.78, 5) is 19.8. The number of amides is 1. The van der Waals surface area contributed by atoms with Crippen LogP contribution < -0.4 is 10.1 Å². The van der Waals surface area contributed by atoms with Gasteiger partial charge in [0.25, 0.3) is 5.91 Å². The van der Waals surface area contributed by atoms with Crippen LogP contribution in [0.4, 0.5) is 10.7 Å². The molecule has 0 aliphatic heterocycles. The number of carbonyl (C=O) groups excluding carboxylic acids is 1. The summed E-state index contributed by atoms with van der Waals surface area (Å²) in [5.41, 5.74) is 4.28. The van der Waals surface area contributed by atoms with Gasteiger partial charge in [-0.1, -0.05) is 73.8 Å². The molecular formula is C33H31Cl3N2O2S. The number of hydrogen-bond donors (Lipinski definition) is 1. The Morgan fingerprint density at radius 2 is 1.78 bits per heavy atom. The van der Waals surface area contributed by atoms with Crippen LogP contribution in [-0.2, 0) is 19.4 Å². The Bertz CT molecular complexity index is 1590. The number of hydrogen-bond acceptors (Lipinski definition) is 4. The van der Waals surface area contributed by atoms with Gasteiger partial charge in [0, 0.05) is 43.0 Å². The third-order valence-corrected chi connectivity index (χ3v) is 9.44. The first-order valence-corrected chi connectivity index (χ1v) is 15.4. The second-order valence-corrected chi connectivity index (χ2v) is 13.6. The summed E-state index contributed by atoms with van der Waals surface area (Å²) in [7, 11) is 0. The summed E-state index contributed by atoms with van der Waals surface area (Å²) in [5, 5.41) is 5.50. The number of carbonyl (C=O) groups is 1. The largest absolute Gasteiger partial charge is 0.488 e. The maximum absolute atomic E-state index is 13.7. The first kappa shape index (κ1) is 29.7. The number of aliphatic imine (C=N–C) groups is 1. The minimum Gasteiger partial charge on any atom is -0.488 e. The Kier molecular flexibility index (Phi) is 9.10. The Morgan fingerprint density at radius 1 is 1.05 bits per heavy atom. The molecule has 4 aromatic rings. The molecular weight excluding hydrogens is 595 g/mol. The van der Waals surface area contributed by atoms with Gasteiger partial charge in [-0.05, 0) is 84.7 Å². The van der Waals surface area contributed by atoms with Gasteiger partial charge in [-0.3, -0.25) is 4.79 Å². The standard InChI is InChI=1S/C33H31Cl3N2O2S/c1-33(2,3)22-9-15-26-29(16-22)41-32(30(26)31(39)38-25-13-11-23(34)12-14-25)37-18-20-6-4-5-7-28(20)40-19-21-8-10-24(35)17-27(21)36/h4-8,10-14,17-18,22H,9,15-16,19H2,1-3H3,(H,38,39)/t22-/m0/s1. The van der Waals surface area contributed by atoms with Crippen LogP contribution in [0.15, 0.2) is 71.7 Å². The van der Waals surface area contributed by atoms with Crippen molar-refractivity contribution in [1.29, 1.82) is 0 Å². The van der Waals surface area contributed by atoms with Crippen molar-refractivity contribution >= 4 is 68.9 Å². The molecule has 41 heavy (non-hydrogen) atoms. The van der Waals surface area contributed by atoms with E-state index in [1.54, 1.807) is 53.9 Å². The number of fused-ring (bicyclic) bond motifs is 1. The van der Waals surface area contributed by atoms with Gasteiger partial charge < -0.3 is 10.1 Å². The lowest BCUT2D eigenvalue weighted by molar-refractivity contribution is 0.102. The van der Waals surface area contributed by atoms with Crippen LogP contribution in [0.3, 0.4) is 0 Å². The van der Waals surface area contributed by atoms with E-state index in [1.807, 2.05) is 30.3 Å². The molecule has 1 N–H and O–H groups in total. The van der Waals surface area contributed by atoms with E-state index in [2.05, 4.69) is 26.1 Å². The van der Waals surface area contributed by atoms with Gasteiger partial charge in [-0.15, -0.1) is 11.3 Å². The molecule has 1 amide bonds. The van der Waals surface area contributed by atoms with E-state index in [-0.39, 0.29) is 17.9 Å². The third kappa shape index (κ3) is 7.15. The smallest absolute Gasteiger partial charge is 0.259 e. The number of anilines is 1. The number of rotatable bonds is 7. The first-order valence-electron chi connectivity index (χ1n) is 13.5. The van der Waals surface area contributed by atoms with Crippen molar-refractivity contribution in [3.8, 4) is 5.75 Å². The highest BCUT2D eigenvalue weighted by atomic mass is 35.5. The molecule has 1 heterocycles. The van der Waals surface area contributed by atoms with Crippen LogP contribution in [0.25, 0.3) is 0 Å². The monoisotopic (exact) mass is 624 g/mol. The Hall–Kier alpha value is -2.83. The van der Waals surface area contributed by atoms with Gasteiger partial charge in [0.2, 0.25) is 0 Å². The minimum absolute atomic E-state index is 0.159. The second kappa shape index (κ2) is 12.6. The summed E-state index contributed by atoms with van der Waals surface area (Å²) >= 11 is 20.0. The van der Waals surface area contributed by atoms with Gasteiger partial charge in [-0.25, -0.2) is 4.99 Å². The van der Waals surface area contributed by atoms with Crippen LogP contribution in [0.1, 0.15) is 59.1 Å². The molecule has 1 atom stereocenters. The average Bonchev–Trinajstić information content (AvgIpc) is 3.30. The third-order valence-electron chi connectivity index (χ3n) is 7.44. The second-order valence-electron chi connectivity index (χ2n) is 11.3. The summed E-state index contributed by atoms with van der Waals surface area (Å²) in [6.45, 7) is 7.16. The van der Waals surface area contributed by atoms with Crippen LogP contribution >= 0.6 is 46.1 Å². The lowest BCUT2D eigenvalue weighted by Gasteiger charge is -2.33. The summed E-state index contributed by atoms with van der Waals surface area (Å²) < 4.78 is 6.13. The maximum Gasteiger partial charge on any atom is 0.259 e. The molecule has 0 fully saturated rings. The molecule has 0 bridgehead atoms. The zero-order chi connectivity index (χ0) is 29.1. The lowest BCUT2D eigenvalue weighted by atomic mass is 9.72. The van der Waals surface area contributed by atoms with Gasteiger partial charge in [0.1, 0.15) is 17.4 Å². The number of ether oxygens (including phenoxy) is 1. The predicted molar refractivity (Wildman–Crippen MR) is 173 cm³/mol. The van der Waals surface area contributed by atoms with Crippen molar-refractivity contribution in [2.45, 2.75) is 46.6 Å². The normalized spacial score (nSPS) is 15.1. The van der Waals surface area contributed by atoms with Crippen LogP contribution in [0, 0.1) is 11.3 Å². The first-order chi connectivity index (χ1) is 19.6. The molecule has 0 unspecified atom stereocenters. The van der Waals surface area contributed by atoms with E-state index >= 15 is 0 Å². The Balaban J connectivity index is 1.45. The average molecular weight is 626 g/mol. The number of benzene rings is 3. The molecule has 5 rings (SSSR count). The highest BCUT2D eigenvalue weighted by Gasteiger charge is 2.33. The fraction of sp³-hybridized carbons (Fsp3) is 0.273. The van der Waals surface area contributed by atoms with Crippen LogP contribution in [0.2, 0.25) is 15.1 Å². The lowest BCUT2D eigenvalue weighted by Crippen LogP contribution is -2.27. The summed E-state index contributed by atoms with van der Waals surface area (Å²) in [6.07, 6.45) is 4.62. The topological polar surface area (TPSA) is 50.7 Å². The Morgan fingerprint density at radius 3 is 2.51 bits per heavy atom. The van der Waals surface area contributed by atoms with E-state index in [0.29, 0.717) is 43.0 Å². The molecule has 1 aliphatic carbocycles.